The van der Waals surface area contributed by atoms with E-state index in [1.165, 1.54) is 38.6 Å². The molecule has 33 heavy (non-hydrogen) atoms. The second-order valence-electron chi connectivity index (χ2n) is 8.85. The van der Waals surface area contributed by atoms with Crippen molar-refractivity contribution in [2.75, 3.05) is 5.32 Å². The first kappa shape index (κ1) is 19.6. The summed E-state index contributed by atoms with van der Waals surface area (Å²) in [5, 5.41) is 6.15. The van der Waals surface area contributed by atoms with Crippen molar-refractivity contribution in [1.29, 1.82) is 0 Å². The van der Waals surface area contributed by atoms with Crippen molar-refractivity contribution in [2.45, 2.75) is 13.3 Å². The van der Waals surface area contributed by atoms with Crippen LogP contribution >= 0.6 is 0 Å². The van der Waals surface area contributed by atoms with E-state index in [0.717, 1.165) is 17.8 Å². The van der Waals surface area contributed by atoms with Gasteiger partial charge in [-0.1, -0.05) is 79.7 Å². The zero-order valence-corrected chi connectivity index (χ0v) is 18.7. The Kier molecular flexibility index (Phi) is 4.84. The van der Waals surface area contributed by atoms with Crippen molar-refractivity contribution in [2.24, 2.45) is 5.92 Å². The van der Waals surface area contributed by atoms with Crippen LogP contribution < -0.4 is 5.32 Å². The van der Waals surface area contributed by atoms with Gasteiger partial charge in [0.05, 0.1) is 11.0 Å². The van der Waals surface area contributed by atoms with Crippen molar-refractivity contribution < 1.29 is 0 Å². The monoisotopic (exact) mass is 426 g/mol. The Bertz CT molecular complexity index is 1500. The van der Waals surface area contributed by atoms with Gasteiger partial charge in [-0.25, -0.2) is 0 Å². The molecule has 1 aromatic heterocycles. The predicted molar refractivity (Wildman–Crippen MR) is 142 cm³/mol. The van der Waals surface area contributed by atoms with Crippen LogP contribution in [0.5, 0.6) is 0 Å². The molecule has 1 unspecified atom stereocenters. The summed E-state index contributed by atoms with van der Waals surface area (Å²) in [6.07, 6.45) is 8.01. The van der Waals surface area contributed by atoms with Gasteiger partial charge in [0.1, 0.15) is 0 Å². The summed E-state index contributed by atoms with van der Waals surface area (Å²) in [5.41, 5.74) is 8.40. The molecule has 0 radical (unpaired) electrons. The first-order chi connectivity index (χ1) is 16.3. The molecule has 1 heterocycles. The summed E-state index contributed by atoms with van der Waals surface area (Å²) in [7, 11) is 0. The molecule has 2 nitrogen and oxygen atoms in total. The maximum Gasteiger partial charge on any atom is 0.0542 e. The van der Waals surface area contributed by atoms with Crippen molar-refractivity contribution in [3.05, 3.63) is 115 Å². The lowest BCUT2D eigenvalue weighted by Gasteiger charge is -2.15. The van der Waals surface area contributed by atoms with Gasteiger partial charge in [-0.05, 0) is 65.9 Å². The zero-order valence-electron chi connectivity index (χ0n) is 18.7. The average Bonchev–Trinajstić information content (AvgIpc) is 3.19. The normalized spacial score (nSPS) is 15.7. The highest BCUT2D eigenvalue weighted by Gasteiger charge is 2.14. The van der Waals surface area contributed by atoms with E-state index in [-0.39, 0.29) is 0 Å². The van der Waals surface area contributed by atoms with E-state index in [9.17, 15) is 0 Å². The lowest BCUT2D eigenvalue weighted by atomic mass is 10.0. The van der Waals surface area contributed by atoms with Crippen molar-refractivity contribution in [3.63, 3.8) is 0 Å². The Morgan fingerprint density at radius 3 is 2.18 bits per heavy atom. The Balaban J connectivity index is 1.37. The summed E-state index contributed by atoms with van der Waals surface area (Å²) in [4.78, 5) is 0. The Morgan fingerprint density at radius 1 is 0.697 bits per heavy atom. The van der Waals surface area contributed by atoms with Gasteiger partial charge in [-0.2, -0.15) is 0 Å². The molecule has 2 heteroatoms. The molecule has 1 atom stereocenters. The van der Waals surface area contributed by atoms with Gasteiger partial charge >= 0.3 is 0 Å². The van der Waals surface area contributed by atoms with Crippen molar-refractivity contribution in [1.82, 2.24) is 4.57 Å². The summed E-state index contributed by atoms with van der Waals surface area (Å²) in [6, 6.07) is 34.5. The van der Waals surface area contributed by atoms with Gasteiger partial charge in [0.15, 0.2) is 0 Å². The summed E-state index contributed by atoms with van der Waals surface area (Å²) in [5.74, 6) is 0.603. The lowest BCUT2D eigenvalue weighted by molar-refractivity contribution is 0.735. The minimum Gasteiger partial charge on any atom is -0.356 e. The van der Waals surface area contributed by atoms with Gasteiger partial charge in [0, 0.05) is 27.8 Å². The molecule has 6 rings (SSSR count). The topological polar surface area (TPSA) is 17.0 Å². The predicted octanol–water partition coefficient (Wildman–Crippen LogP) is 8.64. The number of para-hydroxylation sites is 1. The van der Waals surface area contributed by atoms with E-state index >= 15 is 0 Å². The van der Waals surface area contributed by atoms with Gasteiger partial charge < -0.3 is 9.88 Å². The number of benzene rings is 4. The van der Waals surface area contributed by atoms with Crippen molar-refractivity contribution >= 4 is 38.9 Å². The van der Waals surface area contributed by atoms with Crippen LogP contribution in [0.2, 0.25) is 0 Å². The number of allylic oxidation sites excluding steroid dienone is 4. The van der Waals surface area contributed by atoms with E-state index in [2.05, 4.69) is 126 Å². The SMILES string of the molecule is CC1C=CC(n2c3ccccc3c3cc(Nc4ccc(-c5ccccc5)cc4)ccc32)=CC1. The third kappa shape index (κ3) is 3.64. The third-order valence-corrected chi connectivity index (χ3v) is 6.51. The molecule has 5 aromatic rings. The maximum absolute atomic E-state index is 3.60. The second-order valence-corrected chi connectivity index (χ2v) is 8.85. The van der Waals surface area contributed by atoms with Crippen LogP contribution in [0.15, 0.2) is 115 Å². The zero-order chi connectivity index (χ0) is 22.2. The Morgan fingerprint density at radius 2 is 1.39 bits per heavy atom. The highest BCUT2D eigenvalue weighted by Crippen LogP contribution is 2.35. The van der Waals surface area contributed by atoms with Gasteiger partial charge in [-0.15, -0.1) is 0 Å². The molecule has 4 aromatic carbocycles. The van der Waals surface area contributed by atoms with Crippen LogP contribution in [0.4, 0.5) is 11.4 Å². The van der Waals surface area contributed by atoms with E-state index in [0.29, 0.717) is 5.92 Å². The van der Waals surface area contributed by atoms with Crippen LogP contribution in [0.1, 0.15) is 13.3 Å². The van der Waals surface area contributed by atoms with Crippen LogP contribution in [0.25, 0.3) is 38.6 Å². The van der Waals surface area contributed by atoms with Crippen molar-refractivity contribution in [3.8, 4) is 11.1 Å². The fourth-order valence-electron chi connectivity index (χ4n) is 4.75. The van der Waals surface area contributed by atoms with Crippen LogP contribution in [-0.2, 0) is 0 Å². The van der Waals surface area contributed by atoms with E-state index in [4.69, 9.17) is 0 Å². The molecule has 0 bridgehead atoms. The van der Waals surface area contributed by atoms with Crippen LogP contribution in [0.3, 0.4) is 0 Å². The van der Waals surface area contributed by atoms with Gasteiger partial charge in [-0.3, -0.25) is 0 Å². The van der Waals surface area contributed by atoms with Crippen LogP contribution in [-0.4, -0.2) is 4.57 Å². The third-order valence-electron chi connectivity index (χ3n) is 6.51. The molecule has 1 aliphatic carbocycles. The minimum absolute atomic E-state index is 0.603. The summed E-state index contributed by atoms with van der Waals surface area (Å²) in [6.45, 7) is 2.26. The lowest BCUT2D eigenvalue weighted by Crippen LogP contribution is -2.00. The quantitative estimate of drug-likeness (QED) is 0.304. The Hall–Kier alpha value is -4.04. The molecule has 0 saturated carbocycles. The van der Waals surface area contributed by atoms with Crippen LogP contribution in [0, 0.1) is 5.92 Å². The summed E-state index contributed by atoms with van der Waals surface area (Å²) >= 11 is 0. The number of aromatic nitrogens is 1. The van der Waals surface area contributed by atoms with Gasteiger partial charge in [0.2, 0.25) is 0 Å². The van der Waals surface area contributed by atoms with E-state index in [1.54, 1.807) is 0 Å². The molecule has 1 N–H and O–H groups in total. The minimum atomic E-state index is 0.603. The number of anilines is 2. The molecular formula is C31H26N2. The summed E-state index contributed by atoms with van der Waals surface area (Å²) < 4.78 is 2.39. The number of fused-ring (bicyclic) bond motifs is 3. The fraction of sp³-hybridized carbons (Fsp3) is 0.0968. The number of nitrogens with one attached hydrogen (secondary N) is 1. The molecule has 0 saturated heterocycles. The number of hydrogen-bond acceptors (Lipinski definition) is 1. The number of hydrogen-bond donors (Lipinski definition) is 1. The molecule has 0 fully saturated rings. The largest absolute Gasteiger partial charge is 0.356 e. The molecule has 1 aliphatic rings. The maximum atomic E-state index is 3.60. The smallest absolute Gasteiger partial charge is 0.0542 e. The first-order valence-corrected chi connectivity index (χ1v) is 11.6. The molecule has 0 spiro atoms. The highest BCUT2D eigenvalue weighted by atomic mass is 15.0. The molecule has 0 aliphatic heterocycles. The number of nitrogens with zero attached hydrogens (tertiary/aromatic N) is 1. The Labute approximate surface area is 194 Å². The first-order valence-electron chi connectivity index (χ1n) is 11.6. The van der Waals surface area contributed by atoms with Gasteiger partial charge in [0.25, 0.3) is 0 Å². The second kappa shape index (κ2) is 8.14. The number of rotatable bonds is 4. The van der Waals surface area contributed by atoms with E-state index < -0.39 is 0 Å². The average molecular weight is 427 g/mol. The molecule has 0 amide bonds. The molecular weight excluding hydrogens is 400 g/mol. The molecule has 160 valence electrons. The highest BCUT2D eigenvalue weighted by molar-refractivity contribution is 6.11. The fourth-order valence-corrected chi connectivity index (χ4v) is 4.75. The standard InChI is InChI=1S/C31H26N2/c1-22-11-18-27(19-12-22)33-30-10-6-5-9-28(30)29-21-26(17-20-31(29)33)32-25-15-13-24(14-16-25)23-7-3-2-4-8-23/h2-11,13-22,32H,12H2,1H3. The van der Waals surface area contributed by atoms with E-state index in [1.807, 2.05) is 6.07 Å².